The molecule has 1 heterocycles. The summed E-state index contributed by atoms with van der Waals surface area (Å²) in [5.74, 6) is -0.483. The van der Waals surface area contributed by atoms with Gasteiger partial charge in [0.15, 0.2) is 0 Å². The first-order valence-electron chi connectivity index (χ1n) is 6.34. The number of hydrogen-bond acceptors (Lipinski definition) is 2. The highest BCUT2D eigenvalue weighted by atomic mass is 19.4. The molecule has 19 heavy (non-hydrogen) atoms. The third-order valence-corrected chi connectivity index (χ3v) is 2.71. The number of aromatic nitrogens is 1. The number of nitrogens with zero attached hydrogens (tertiary/aromatic N) is 1. The second-order valence-electron chi connectivity index (χ2n) is 4.38. The maximum atomic E-state index is 13.6. The van der Waals surface area contributed by atoms with Crippen LogP contribution in [0.15, 0.2) is 18.3 Å². The van der Waals surface area contributed by atoms with E-state index in [0.717, 1.165) is 6.42 Å². The van der Waals surface area contributed by atoms with Gasteiger partial charge in [0.25, 0.3) is 0 Å². The molecule has 0 saturated carbocycles. The predicted molar refractivity (Wildman–Crippen MR) is 65.1 cm³/mol. The van der Waals surface area contributed by atoms with Gasteiger partial charge < -0.3 is 5.32 Å². The molecule has 1 aromatic rings. The maximum absolute atomic E-state index is 13.6. The van der Waals surface area contributed by atoms with Crippen molar-refractivity contribution < 1.29 is 17.6 Å². The molecule has 2 nitrogen and oxygen atoms in total. The Morgan fingerprint density at radius 1 is 1.37 bits per heavy atom. The Morgan fingerprint density at radius 3 is 2.68 bits per heavy atom. The Morgan fingerprint density at radius 2 is 2.11 bits per heavy atom. The standard InChI is InChI=1S/C13H18F4N2/c1-2-8-18-11(6-3-7-13(15,16)17)12-10(14)5-4-9-19-12/h4-5,9,11,18H,2-3,6-8H2,1H3. The van der Waals surface area contributed by atoms with E-state index in [4.69, 9.17) is 0 Å². The molecule has 6 heteroatoms. The normalized spacial score (nSPS) is 13.5. The number of alkyl halides is 3. The molecule has 0 aromatic carbocycles. The van der Waals surface area contributed by atoms with Crippen LogP contribution in [0.2, 0.25) is 0 Å². The van der Waals surface area contributed by atoms with Crippen molar-refractivity contribution in [3.8, 4) is 0 Å². The van der Waals surface area contributed by atoms with Crippen LogP contribution in [0.1, 0.15) is 44.3 Å². The van der Waals surface area contributed by atoms with E-state index in [1.807, 2.05) is 6.92 Å². The van der Waals surface area contributed by atoms with Crippen LogP contribution in [0.5, 0.6) is 0 Å². The van der Waals surface area contributed by atoms with Gasteiger partial charge in [-0.1, -0.05) is 6.92 Å². The van der Waals surface area contributed by atoms with Crippen molar-refractivity contribution in [3.63, 3.8) is 0 Å². The van der Waals surface area contributed by atoms with E-state index in [1.54, 1.807) is 0 Å². The maximum Gasteiger partial charge on any atom is 0.389 e. The van der Waals surface area contributed by atoms with Crippen LogP contribution in [0.3, 0.4) is 0 Å². The van der Waals surface area contributed by atoms with E-state index in [9.17, 15) is 17.6 Å². The fourth-order valence-electron chi connectivity index (χ4n) is 1.81. The fraction of sp³-hybridized carbons (Fsp3) is 0.615. The van der Waals surface area contributed by atoms with Gasteiger partial charge in [-0.2, -0.15) is 13.2 Å². The summed E-state index contributed by atoms with van der Waals surface area (Å²) < 4.78 is 50.0. The monoisotopic (exact) mass is 278 g/mol. The van der Waals surface area contributed by atoms with Crippen molar-refractivity contribution in [3.05, 3.63) is 29.8 Å². The van der Waals surface area contributed by atoms with Crippen LogP contribution in [0.4, 0.5) is 17.6 Å². The zero-order valence-electron chi connectivity index (χ0n) is 10.8. The van der Waals surface area contributed by atoms with Gasteiger partial charge in [0.05, 0.1) is 11.7 Å². The molecule has 0 amide bonds. The van der Waals surface area contributed by atoms with Crippen LogP contribution in [-0.4, -0.2) is 17.7 Å². The summed E-state index contributed by atoms with van der Waals surface area (Å²) in [6.45, 7) is 2.56. The highest BCUT2D eigenvalue weighted by Gasteiger charge is 2.27. The van der Waals surface area contributed by atoms with Crippen LogP contribution >= 0.6 is 0 Å². The van der Waals surface area contributed by atoms with E-state index in [2.05, 4.69) is 10.3 Å². The van der Waals surface area contributed by atoms with Crippen molar-refractivity contribution in [2.24, 2.45) is 0 Å². The summed E-state index contributed by atoms with van der Waals surface area (Å²) in [4.78, 5) is 3.93. The summed E-state index contributed by atoms with van der Waals surface area (Å²) in [6, 6.07) is 2.27. The lowest BCUT2D eigenvalue weighted by atomic mass is 10.0. The molecule has 0 aliphatic carbocycles. The lowest BCUT2D eigenvalue weighted by molar-refractivity contribution is -0.135. The van der Waals surface area contributed by atoms with Gasteiger partial charge in [0.1, 0.15) is 5.82 Å². The minimum atomic E-state index is -4.17. The van der Waals surface area contributed by atoms with E-state index < -0.39 is 24.5 Å². The molecular weight excluding hydrogens is 260 g/mol. The van der Waals surface area contributed by atoms with Crippen molar-refractivity contribution in [1.29, 1.82) is 0 Å². The number of hydrogen-bond donors (Lipinski definition) is 1. The summed E-state index contributed by atoms with van der Waals surface area (Å²) in [5, 5.41) is 3.04. The van der Waals surface area contributed by atoms with E-state index in [-0.39, 0.29) is 18.5 Å². The molecule has 0 aliphatic heterocycles. The molecule has 0 aliphatic rings. The quantitative estimate of drug-likeness (QED) is 0.763. The zero-order chi connectivity index (χ0) is 14.3. The average Bonchev–Trinajstić information content (AvgIpc) is 2.33. The molecule has 1 aromatic heterocycles. The van der Waals surface area contributed by atoms with Crippen LogP contribution in [0, 0.1) is 5.82 Å². The van der Waals surface area contributed by atoms with E-state index in [0.29, 0.717) is 6.54 Å². The molecule has 1 N–H and O–H groups in total. The number of nitrogens with one attached hydrogen (secondary N) is 1. The van der Waals surface area contributed by atoms with Gasteiger partial charge in [-0.15, -0.1) is 0 Å². The number of pyridine rings is 1. The van der Waals surface area contributed by atoms with Crippen molar-refractivity contribution in [2.45, 2.75) is 44.8 Å². The molecule has 1 unspecified atom stereocenters. The molecule has 1 rings (SSSR count). The second-order valence-corrected chi connectivity index (χ2v) is 4.38. The molecule has 108 valence electrons. The van der Waals surface area contributed by atoms with Crippen LogP contribution in [-0.2, 0) is 0 Å². The first kappa shape index (κ1) is 15.9. The molecule has 1 atom stereocenters. The van der Waals surface area contributed by atoms with E-state index >= 15 is 0 Å². The van der Waals surface area contributed by atoms with Gasteiger partial charge in [0.2, 0.25) is 0 Å². The molecular formula is C13H18F4N2. The van der Waals surface area contributed by atoms with Gasteiger partial charge in [0, 0.05) is 12.6 Å². The van der Waals surface area contributed by atoms with Crippen molar-refractivity contribution in [1.82, 2.24) is 10.3 Å². The third kappa shape index (κ3) is 6.00. The molecule has 0 saturated heterocycles. The van der Waals surface area contributed by atoms with Gasteiger partial charge in [-0.25, -0.2) is 4.39 Å². The molecule has 0 radical (unpaired) electrons. The Kier molecular flexibility index (Phi) is 6.21. The Hall–Kier alpha value is -1.17. The van der Waals surface area contributed by atoms with Crippen molar-refractivity contribution in [2.75, 3.05) is 6.54 Å². The largest absolute Gasteiger partial charge is 0.389 e. The Bertz CT molecular complexity index is 379. The van der Waals surface area contributed by atoms with Gasteiger partial charge in [-0.3, -0.25) is 4.98 Å². The first-order chi connectivity index (χ1) is 8.94. The summed E-state index contributed by atoms with van der Waals surface area (Å²) in [7, 11) is 0. The third-order valence-electron chi connectivity index (χ3n) is 2.71. The minimum absolute atomic E-state index is 0.0408. The van der Waals surface area contributed by atoms with Crippen LogP contribution < -0.4 is 5.32 Å². The first-order valence-corrected chi connectivity index (χ1v) is 6.34. The Labute approximate surface area is 110 Å². The zero-order valence-corrected chi connectivity index (χ0v) is 10.8. The molecule has 0 fully saturated rings. The molecule has 0 spiro atoms. The summed E-state index contributed by atoms with van der Waals surface area (Å²) in [5.41, 5.74) is 0.193. The number of rotatable bonds is 7. The summed E-state index contributed by atoms with van der Waals surface area (Å²) in [6.07, 6.45) is -2.58. The summed E-state index contributed by atoms with van der Waals surface area (Å²) >= 11 is 0. The Balaban J connectivity index is 2.64. The highest BCUT2D eigenvalue weighted by molar-refractivity contribution is 5.11. The predicted octanol–water partition coefficient (Wildman–Crippen LogP) is 3.99. The molecule has 0 bridgehead atoms. The van der Waals surface area contributed by atoms with E-state index in [1.165, 1.54) is 18.3 Å². The highest BCUT2D eigenvalue weighted by Crippen LogP contribution is 2.26. The van der Waals surface area contributed by atoms with Crippen LogP contribution in [0.25, 0.3) is 0 Å². The van der Waals surface area contributed by atoms with Gasteiger partial charge in [-0.05, 0) is 37.9 Å². The fourth-order valence-corrected chi connectivity index (χ4v) is 1.81. The average molecular weight is 278 g/mol. The number of halogens is 4. The van der Waals surface area contributed by atoms with Crippen molar-refractivity contribution >= 4 is 0 Å². The minimum Gasteiger partial charge on any atom is -0.309 e. The second kappa shape index (κ2) is 7.43. The smallest absolute Gasteiger partial charge is 0.309 e. The SMILES string of the molecule is CCCNC(CCCC(F)(F)F)c1ncccc1F. The lowest BCUT2D eigenvalue weighted by Crippen LogP contribution is -2.24. The van der Waals surface area contributed by atoms with Gasteiger partial charge >= 0.3 is 6.18 Å². The lowest BCUT2D eigenvalue weighted by Gasteiger charge is -2.18. The topological polar surface area (TPSA) is 24.9 Å².